The summed E-state index contributed by atoms with van der Waals surface area (Å²) in [7, 11) is 4.31. The fourth-order valence-corrected chi connectivity index (χ4v) is 1.63. The Morgan fingerprint density at radius 2 is 1.38 bits per heavy atom. The highest BCUT2D eigenvalue weighted by Crippen LogP contribution is 2.11. The van der Waals surface area contributed by atoms with E-state index in [1.54, 1.807) is 0 Å². The zero-order valence-electron chi connectivity index (χ0n) is 13.0. The molecule has 2 atom stereocenters. The van der Waals surface area contributed by atoms with Crippen molar-refractivity contribution >= 4 is 0 Å². The molecule has 0 aromatic rings. The van der Waals surface area contributed by atoms with Crippen LogP contribution in [-0.2, 0) is 0 Å². The number of hydrogen-bond acceptors (Lipinski definition) is 1. The van der Waals surface area contributed by atoms with Crippen molar-refractivity contribution in [1.82, 2.24) is 4.90 Å². The van der Waals surface area contributed by atoms with Crippen molar-refractivity contribution in [2.24, 2.45) is 11.8 Å². The second kappa shape index (κ2) is 11.4. The van der Waals surface area contributed by atoms with Crippen LogP contribution in [0.15, 0.2) is 0 Å². The first-order chi connectivity index (χ1) is 7.40. The molecular weight excluding hydrogens is 194 g/mol. The first-order valence-corrected chi connectivity index (χ1v) is 7.06. The van der Waals surface area contributed by atoms with Crippen LogP contribution in [0, 0.1) is 11.8 Å². The van der Waals surface area contributed by atoms with E-state index in [0.29, 0.717) is 0 Å². The van der Waals surface area contributed by atoms with Gasteiger partial charge in [0.1, 0.15) is 0 Å². The molecule has 0 saturated carbocycles. The molecule has 0 fully saturated rings. The van der Waals surface area contributed by atoms with Gasteiger partial charge < -0.3 is 4.90 Å². The van der Waals surface area contributed by atoms with E-state index in [-0.39, 0.29) is 0 Å². The van der Waals surface area contributed by atoms with Gasteiger partial charge in [0.25, 0.3) is 0 Å². The van der Waals surface area contributed by atoms with Crippen molar-refractivity contribution in [3.63, 3.8) is 0 Å². The molecule has 1 nitrogen and oxygen atoms in total. The summed E-state index contributed by atoms with van der Waals surface area (Å²) < 4.78 is 0. The van der Waals surface area contributed by atoms with Crippen LogP contribution in [-0.4, -0.2) is 25.0 Å². The third-order valence-corrected chi connectivity index (χ3v) is 3.61. The Morgan fingerprint density at radius 3 is 1.44 bits per heavy atom. The molecule has 1 heteroatoms. The third kappa shape index (κ3) is 10.5. The van der Waals surface area contributed by atoms with Gasteiger partial charge in [0, 0.05) is 6.04 Å². The van der Waals surface area contributed by atoms with Gasteiger partial charge in [-0.05, 0) is 38.8 Å². The Hall–Kier alpha value is -0.0400. The van der Waals surface area contributed by atoms with Crippen LogP contribution >= 0.6 is 0 Å². The maximum atomic E-state index is 2.31. The molecular formula is C15H35N. The van der Waals surface area contributed by atoms with Crippen LogP contribution in [0.25, 0.3) is 0 Å². The quantitative estimate of drug-likeness (QED) is 0.631. The van der Waals surface area contributed by atoms with E-state index in [9.17, 15) is 0 Å². The van der Waals surface area contributed by atoms with Gasteiger partial charge in [-0.25, -0.2) is 0 Å². The van der Waals surface area contributed by atoms with Gasteiger partial charge in [0.05, 0.1) is 0 Å². The minimum Gasteiger partial charge on any atom is -0.306 e. The first-order valence-electron chi connectivity index (χ1n) is 7.06. The molecule has 0 rings (SSSR count). The summed E-state index contributed by atoms with van der Waals surface area (Å²) in [6, 6.07) is 0.801. The molecule has 16 heavy (non-hydrogen) atoms. The predicted molar refractivity (Wildman–Crippen MR) is 77.0 cm³/mol. The van der Waals surface area contributed by atoms with E-state index in [0.717, 1.165) is 17.9 Å². The maximum absolute atomic E-state index is 2.31. The molecule has 0 amide bonds. The van der Waals surface area contributed by atoms with Gasteiger partial charge >= 0.3 is 0 Å². The fraction of sp³-hybridized carbons (Fsp3) is 1.00. The highest BCUT2D eigenvalue weighted by molar-refractivity contribution is 4.61. The van der Waals surface area contributed by atoms with Crippen molar-refractivity contribution in [2.45, 2.75) is 73.3 Å². The number of hydrogen-bond donors (Lipinski definition) is 0. The summed E-state index contributed by atoms with van der Waals surface area (Å²) in [5, 5.41) is 0. The summed E-state index contributed by atoms with van der Waals surface area (Å²) in [6.45, 7) is 13.6. The fourth-order valence-electron chi connectivity index (χ4n) is 1.63. The third-order valence-electron chi connectivity index (χ3n) is 3.61. The zero-order valence-corrected chi connectivity index (χ0v) is 13.0. The van der Waals surface area contributed by atoms with Crippen LogP contribution in [0.5, 0.6) is 0 Å². The Bertz CT molecular complexity index is 129. The smallest absolute Gasteiger partial charge is 0.00864 e. The lowest BCUT2D eigenvalue weighted by Crippen LogP contribution is -2.26. The summed E-state index contributed by atoms with van der Waals surface area (Å²) in [5.41, 5.74) is 0. The second-order valence-corrected chi connectivity index (χ2v) is 5.44. The van der Waals surface area contributed by atoms with Crippen LogP contribution in [0.3, 0.4) is 0 Å². The molecule has 0 saturated heterocycles. The first kappa shape index (κ1) is 18.3. The van der Waals surface area contributed by atoms with E-state index >= 15 is 0 Å². The van der Waals surface area contributed by atoms with Crippen LogP contribution in [0.4, 0.5) is 0 Å². The predicted octanol–water partition coefficient (Wildman–Crippen LogP) is 4.82. The summed E-state index contributed by atoms with van der Waals surface area (Å²) in [5.74, 6) is 1.77. The Kier molecular flexibility index (Phi) is 13.1. The second-order valence-electron chi connectivity index (χ2n) is 5.44. The summed E-state index contributed by atoms with van der Waals surface area (Å²) >= 11 is 0. The average molecular weight is 229 g/mol. The van der Waals surface area contributed by atoms with Gasteiger partial charge in [-0.3, -0.25) is 0 Å². The molecule has 0 aliphatic carbocycles. The van der Waals surface area contributed by atoms with Crippen LogP contribution in [0.2, 0.25) is 0 Å². The average Bonchev–Trinajstić information content (AvgIpc) is 2.24. The van der Waals surface area contributed by atoms with Crippen molar-refractivity contribution in [3.8, 4) is 0 Å². The zero-order chi connectivity index (χ0) is 13.1. The van der Waals surface area contributed by atoms with E-state index in [1.165, 1.54) is 25.7 Å². The van der Waals surface area contributed by atoms with Crippen molar-refractivity contribution in [3.05, 3.63) is 0 Å². The molecule has 0 radical (unpaired) electrons. The SMILES string of the molecule is CCC(C)C(C)C.CCCC(CC)N(C)C. The van der Waals surface area contributed by atoms with Crippen molar-refractivity contribution in [1.29, 1.82) is 0 Å². The highest BCUT2D eigenvalue weighted by atomic mass is 15.1. The Labute approximate surface area is 105 Å². The largest absolute Gasteiger partial charge is 0.306 e. The van der Waals surface area contributed by atoms with Gasteiger partial charge in [-0.1, -0.05) is 54.4 Å². The lowest BCUT2D eigenvalue weighted by molar-refractivity contribution is 0.269. The van der Waals surface area contributed by atoms with Crippen LogP contribution < -0.4 is 0 Å². The topological polar surface area (TPSA) is 3.24 Å². The standard InChI is InChI=1S/C8H19N.C7H16/c1-5-7-8(6-2)9(3)4;1-5-7(4)6(2)3/h8H,5-7H2,1-4H3;6-7H,5H2,1-4H3. The lowest BCUT2D eigenvalue weighted by Gasteiger charge is -2.21. The lowest BCUT2D eigenvalue weighted by atomic mass is 9.96. The van der Waals surface area contributed by atoms with Gasteiger partial charge in [0.15, 0.2) is 0 Å². The van der Waals surface area contributed by atoms with Gasteiger partial charge in [-0.15, -0.1) is 0 Å². The summed E-state index contributed by atoms with van der Waals surface area (Å²) in [6.07, 6.45) is 5.23. The molecule has 0 aromatic carbocycles. The number of nitrogens with zero attached hydrogens (tertiary/aromatic N) is 1. The Balaban J connectivity index is 0. The van der Waals surface area contributed by atoms with E-state index in [2.05, 4.69) is 60.5 Å². The minimum atomic E-state index is 0.801. The van der Waals surface area contributed by atoms with Gasteiger partial charge in [-0.2, -0.15) is 0 Å². The van der Waals surface area contributed by atoms with Crippen LogP contribution in [0.1, 0.15) is 67.2 Å². The van der Waals surface area contributed by atoms with Crippen molar-refractivity contribution in [2.75, 3.05) is 14.1 Å². The monoisotopic (exact) mass is 229 g/mol. The molecule has 0 heterocycles. The molecule has 0 aliphatic heterocycles. The van der Waals surface area contributed by atoms with E-state index < -0.39 is 0 Å². The molecule has 0 N–H and O–H groups in total. The normalized spacial score (nSPS) is 14.6. The molecule has 0 aliphatic rings. The highest BCUT2D eigenvalue weighted by Gasteiger charge is 2.05. The molecule has 0 bridgehead atoms. The molecule has 100 valence electrons. The Morgan fingerprint density at radius 1 is 0.875 bits per heavy atom. The van der Waals surface area contributed by atoms with E-state index in [4.69, 9.17) is 0 Å². The van der Waals surface area contributed by atoms with Gasteiger partial charge in [0.2, 0.25) is 0 Å². The van der Waals surface area contributed by atoms with Crippen molar-refractivity contribution < 1.29 is 0 Å². The molecule has 2 unspecified atom stereocenters. The number of rotatable bonds is 6. The summed E-state index contributed by atoms with van der Waals surface area (Å²) in [4.78, 5) is 2.31. The minimum absolute atomic E-state index is 0.801. The maximum Gasteiger partial charge on any atom is 0.00864 e. The molecule has 0 spiro atoms. The molecule has 0 aromatic heterocycles. The van der Waals surface area contributed by atoms with E-state index in [1.807, 2.05) is 0 Å².